The molecule has 0 aromatic carbocycles. The largest absolute Gasteiger partial charge is 0.381 e. The van der Waals surface area contributed by atoms with Gasteiger partial charge in [-0.05, 0) is 62.9 Å². The summed E-state index contributed by atoms with van der Waals surface area (Å²) in [7, 11) is 0. The predicted molar refractivity (Wildman–Crippen MR) is 82.9 cm³/mol. The molecule has 20 heavy (non-hydrogen) atoms. The second-order valence-electron chi connectivity index (χ2n) is 6.94. The van der Waals surface area contributed by atoms with E-state index in [1.165, 1.54) is 19.3 Å². The van der Waals surface area contributed by atoms with E-state index in [-0.39, 0.29) is 5.60 Å². The average Bonchev–Trinajstić information content (AvgIpc) is 2.47. The highest BCUT2D eigenvalue weighted by atomic mass is 16.5. The van der Waals surface area contributed by atoms with Gasteiger partial charge in [0.15, 0.2) is 0 Å². The SMILES string of the molecule is CCCNCC(C)C(C)C1CCOC2(CCOCC2)C1. The smallest absolute Gasteiger partial charge is 0.0729 e. The van der Waals surface area contributed by atoms with Crippen LogP contribution in [0.25, 0.3) is 0 Å². The summed E-state index contributed by atoms with van der Waals surface area (Å²) in [4.78, 5) is 0. The Morgan fingerprint density at radius 2 is 1.95 bits per heavy atom. The van der Waals surface area contributed by atoms with Crippen LogP contribution < -0.4 is 5.32 Å². The lowest BCUT2D eigenvalue weighted by atomic mass is 9.72. The molecule has 0 saturated carbocycles. The third-order valence-corrected chi connectivity index (χ3v) is 5.47. The highest BCUT2D eigenvalue weighted by Gasteiger charge is 2.41. The Morgan fingerprint density at radius 1 is 1.20 bits per heavy atom. The zero-order valence-corrected chi connectivity index (χ0v) is 13.6. The molecule has 1 N–H and O–H groups in total. The molecule has 2 fully saturated rings. The summed E-state index contributed by atoms with van der Waals surface area (Å²) in [5, 5.41) is 3.57. The van der Waals surface area contributed by atoms with E-state index in [9.17, 15) is 0 Å². The molecule has 0 radical (unpaired) electrons. The molecule has 2 saturated heterocycles. The lowest BCUT2D eigenvalue weighted by molar-refractivity contribution is -0.153. The molecule has 118 valence electrons. The van der Waals surface area contributed by atoms with Crippen molar-refractivity contribution < 1.29 is 9.47 Å². The van der Waals surface area contributed by atoms with Crippen molar-refractivity contribution in [3.63, 3.8) is 0 Å². The Morgan fingerprint density at radius 3 is 2.65 bits per heavy atom. The van der Waals surface area contributed by atoms with Crippen molar-refractivity contribution in [2.45, 2.75) is 58.5 Å². The Labute approximate surface area is 124 Å². The highest BCUT2D eigenvalue weighted by molar-refractivity contribution is 4.91. The van der Waals surface area contributed by atoms with Crippen molar-refractivity contribution >= 4 is 0 Å². The van der Waals surface area contributed by atoms with Crippen LogP contribution in [-0.2, 0) is 9.47 Å². The summed E-state index contributed by atoms with van der Waals surface area (Å²) in [6, 6.07) is 0. The second kappa shape index (κ2) is 7.77. The summed E-state index contributed by atoms with van der Waals surface area (Å²) >= 11 is 0. The monoisotopic (exact) mass is 283 g/mol. The van der Waals surface area contributed by atoms with Gasteiger partial charge < -0.3 is 14.8 Å². The van der Waals surface area contributed by atoms with Crippen LogP contribution in [-0.4, -0.2) is 38.5 Å². The van der Waals surface area contributed by atoms with E-state index in [1.807, 2.05) is 0 Å². The molecule has 3 heteroatoms. The van der Waals surface area contributed by atoms with Gasteiger partial charge in [0.25, 0.3) is 0 Å². The van der Waals surface area contributed by atoms with Gasteiger partial charge in [0, 0.05) is 19.8 Å². The van der Waals surface area contributed by atoms with Crippen LogP contribution in [0.1, 0.15) is 52.9 Å². The fourth-order valence-electron chi connectivity index (χ4n) is 3.76. The van der Waals surface area contributed by atoms with Crippen LogP contribution in [0.15, 0.2) is 0 Å². The van der Waals surface area contributed by atoms with Crippen LogP contribution >= 0.6 is 0 Å². The standard InChI is InChI=1S/C17H33NO2/c1-4-8-18-13-14(2)15(3)16-5-9-20-17(12-16)6-10-19-11-7-17/h14-16,18H,4-13H2,1-3H3. The molecule has 0 aromatic heterocycles. The number of ether oxygens (including phenoxy) is 2. The van der Waals surface area contributed by atoms with Gasteiger partial charge in [0.2, 0.25) is 0 Å². The number of rotatable bonds is 6. The van der Waals surface area contributed by atoms with Crippen LogP contribution in [0, 0.1) is 17.8 Å². The van der Waals surface area contributed by atoms with E-state index in [0.717, 1.165) is 63.5 Å². The molecule has 0 bridgehead atoms. The normalized spacial score (nSPS) is 29.2. The maximum Gasteiger partial charge on any atom is 0.0729 e. The van der Waals surface area contributed by atoms with Gasteiger partial charge in [-0.3, -0.25) is 0 Å². The summed E-state index contributed by atoms with van der Waals surface area (Å²) in [5.41, 5.74) is 0.145. The van der Waals surface area contributed by atoms with E-state index in [1.54, 1.807) is 0 Å². The van der Waals surface area contributed by atoms with E-state index >= 15 is 0 Å². The molecule has 2 heterocycles. The molecular formula is C17H33NO2. The van der Waals surface area contributed by atoms with Crippen LogP contribution in [0.5, 0.6) is 0 Å². The molecular weight excluding hydrogens is 250 g/mol. The van der Waals surface area contributed by atoms with Gasteiger partial charge in [-0.1, -0.05) is 20.8 Å². The highest BCUT2D eigenvalue weighted by Crippen LogP contribution is 2.41. The van der Waals surface area contributed by atoms with Crippen molar-refractivity contribution in [3.8, 4) is 0 Å². The summed E-state index contributed by atoms with van der Waals surface area (Å²) in [5.74, 6) is 2.35. The molecule has 0 aromatic rings. The van der Waals surface area contributed by atoms with Gasteiger partial charge in [0.05, 0.1) is 5.60 Å². The van der Waals surface area contributed by atoms with E-state index in [4.69, 9.17) is 9.47 Å². The number of hydrogen-bond donors (Lipinski definition) is 1. The van der Waals surface area contributed by atoms with E-state index < -0.39 is 0 Å². The van der Waals surface area contributed by atoms with Crippen LogP contribution in [0.2, 0.25) is 0 Å². The van der Waals surface area contributed by atoms with Crippen LogP contribution in [0.4, 0.5) is 0 Å². The first-order valence-electron chi connectivity index (χ1n) is 8.59. The van der Waals surface area contributed by atoms with Gasteiger partial charge >= 0.3 is 0 Å². The first-order chi connectivity index (χ1) is 9.67. The Balaban J connectivity index is 1.84. The zero-order valence-electron chi connectivity index (χ0n) is 13.6. The lowest BCUT2D eigenvalue weighted by Gasteiger charge is -2.45. The third kappa shape index (κ3) is 4.19. The third-order valence-electron chi connectivity index (χ3n) is 5.47. The molecule has 2 aliphatic rings. The molecule has 2 rings (SSSR count). The minimum atomic E-state index is 0.145. The Hall–Kier alpha value is -0.120. The first kappa shape index (κ1) is 16.3. The van der Waals surface area contributed by atoms with Crippen molar-refractivity contribution in [2.24, 2.45) is 17.8 Å². The molecule has 3 atom stereocenters. The van der Waals surface area contributed by atoms with Crippen molar-refractivity contribution in [1.29, 1.82) is 0 Å². The van der Waals surface area contributed by atoms with Crippen LogP contribution in [0.3, 0.4) is 0 Å². The topological polar surface area (TPSA) is 30.5 Å². The maximum atomic E-state index is 6.17. The second-order valence-corrected chi connectivity index (χ2v) is 6.94. The fraction of sp³-hybridized carbons (Fsp3) is 1.00. The quantitative estimate of drug-likeness (QED) is 0.759. The first-order valence-corrected chi connectivity index (χ1v) is 8.59. The van der Waals surface area contributed by atoms with Gasteiger partial charge in [-0.2, -0.15) is 0 Å². The maximum absolute atomic E-state index is 6.17. The fourth-order valence-corrected chi connectivity index (χ4v) is 3.76. The molecule has 3 nitrogen and oxygen atoms in total. The average molecular weight is 283 g/mol. The molecule has 3 unspecified atom stereocenters. The number of nitrogens with one attached hydrogen (secondary N) is 1. The lowest BCUT2D eigenvalue weighted by Crippen LogP contribution is -2.46. The van der Waals surface area contributed by atoms with Crippen molar-refractivity contribution in [1.82, 2.24) is 5.32 Å². The predicted octanol–water partition coefficient (Wildman–Crippen LogP) is 3.23. The summed E-state index contributed by atoms with van der Waals surface area (Å²) in [6.07, 6.45) is 5.90. The molecule has 0 amide bonds. The van der Waals surface area contributed by atoms with Gasteiger partial charge in [-0.25, -0.2) is 0 Å². The summed E-state index contributed by atoms with van der Waals surface area (Å²) in [6.45, 7) is 12.1. The Kier molecular flexibility index (Phi) is 6.31. The number of hydrogen-bond acceptors (Lipinski definition) is 3. The minimum Gasteiger partial charge on any atom is -0.381 e. The molecule has 0 aliphatic carbocycles. The summed E-state index contributed by atoms with van der Waals surface area (Å²) < 4.78 is 11.7. The van der Waals surface area contributed by atoms with Gasteiger partial charge in [0.1, 0.15) is 0 Å². The molecule has 2 aliphatic heterocycles. The molecule has 1 spiro atoms. The van der Waals surface area contributed by atoms with E-state index in [2.05, 4.69) is 26.1 Å². The van der Waals surface area contributed by atoms with Crippen molar-refractivity contribution in [3.05, 3.63) is 0 Å². The minimum absolute atomic E-state index is 0.145. The van der Waals surface area contributed by atoms with E-state index in [0.29, 0.717) is 0 Å². The zero-order chi connectivity index (χ0) is 14.4. The van der Waals surface area contributed by atoms with Gasteiger partial charge in [-0.15, -0.1) is 0 Å². The Bertz CT molecular complexity index is 271. The van der Waals surface area contributed by atoms with Crippen molar-refractivity contribution in [2.75, 3.05) is 32.9 Å².